The zero-order chi connectivity index (χ0) is 18.6. The maximum absolute atomic E-state index is 11.2. The number of carbonyl (C=O) groups excluding carboxylic acids is 1. The van der Waals surface area contributed by atoms with E-state index in [-0.39, 0.29) is 0 Å². The molecule has 1 atom stereocenters. The Morgan fingerprint density at radius 2 is 1.75 bits per heavy atom. The van der Waals surface area contributed by atoms with Crippen LogP contribution in [0.2, 0.25) is 0 Å². The van der Waals surface area contributed by atoms with Gasteiger partial charge in [0.15, 0.2) is 0 Å². The summed E-state index contributed by atoms with van der Waals surface area (Å²) in [5, 5.41) is 0. The average molecular weight is 366 g/mol. The number of phosphoric ester groups is 1. The monoisotopic (exact) mass is 366 g/mol. The number of carbonyl (C=O) groups is 1. The molecule has 0 spiro atoms. The zero-order valence-corrected chi connectivity index (χ0v) is 16.0. The van der Waals surface area contributed by atoms with Gasteiger partial charge < -0.3 is 19.0 Å². The Morgan fingerprint density at radius 1 is 1.17 bits per heavy atom. The molecule has 7 nitrogen and oxygen atoms in total. The first-order valence-corrected chi connectivity index (χ1v) is 10.1. The van der Waals surface area contributed by atoms with Gasteiger partial charge in [-0.25, -0.2) is 9.36 Å². The largest absolute Gasteiger partial charge is 0.470 e. The molecule has 0 aliphatic carbocycles. The minimum absolute atomic E-state index is 0.327. The standard InChI is InChI=1S/C16H32NO6P/c1-5-16(18)22-13-11-9-10-12-15(23-24(19,20)21)14-17(6-2,7-3)8-4/h5,15H,1,6-14H2,2-4H3,(H-,19,20,21)/p+1. The summed E-state index contributed by atoms with van der Waals surface area (Å²) in [4.78, 5) is 29.2. The van der Waals surface area contributed by atoms with Crippen LogP contribution in [-0.4, -0.2) is 59.1 Å². The molecule has 0 aromatic rings. The van der Waals surface area contributed by atoms with Crippen molar-refractivity contribution in [1.82, 2.24) is 0 Å². The highest BCUT2D eigenvalue weighted by atomic mass is 31.2. The van der Waals surface area contributed by atoms with Crippen LogP contribution in [0.1, 0.15) is 46.5 Å². The van der Waals surface area contributed by atoms with Crippen molar-refractivity contribution >= 4 is 13.8 Å². The van der Waals surface area contributed by atoms with Crippen molar-refractivity contribution in [3.63, 3.8) is 0 Å². The third-order valence-electron chi connectivity index (χ3n) is 4.47. The molecule has 24 heavy (non-hydrogen) atoms. The first-order chi connectivity index (χ1) is 11.2. The van der Waals surface area contributed by atoms with Crippen molar-refractivity contribution in [3.05, 3.63) is 12.7 Å². The summed E-state index contributed by atoms with van der Waals surface area (Å²) in [5.41, 5.74) is 0. The second-order valence-corrected chi connectivity index (χ2v) is 7.10. The van der Waals surface area contributed by atoms with E-state index >= 15 is 0 Å². The van der Waals surface area contributed by atoms with E-state index in [1.54, 1.807) is 0 Å². The smallest absolute Gasteiger partial charge is 0.463 e. The molecule has 0 aliphatic heterocycles. The molecule has 142 valence electrons. The Bertz CT molecular complexity index is 411. The maximum atomic E-state index is 11.2. The van der Waals surface area contributed by atoms with Crippen molar-refractivity contribution in [2.45, 2.75) is 52.6 Å². The van der Waals surface area contributed by atoms with Gasteiger partial charge in [-0.1, -0.05) is 13.0 Å². The number of hydrogen-bond donors (Lipinski definition) is 2. The molecular formula is C16H33NO6P+. The van der Waals surface area contributed by atoms with E-state index in [1.807, 2.05) is 0 Å². The summed E-state index contributed by atoms with van der Waals surface area (Å²) < 4.78 is 21.9. The normalized spacial score (nSPS) is 13.5. The third kappa shape index (κ3) is 10.2. The highest BCUT2D eigenvalue weighted by Gasteiger charge is 2.31. The van der Waals surface area contributed by atoms with E-state index in [2.05, 4.69) is 27.4 Å². The fraction of sp³-hybridized carbons (Fsp3) is 0.812. The van der Waals surface area contributed by atoms with Crippen LogP contribution in [0.15, 0.2) is 12.7 Å². The van der Waals surface area contributed by atoms with Gasteiger partial charge in [-0.3, -0.25) is 4.52 Å². The number of phosphoric acid groups is 1. The zero-order valence-electron chi connectivity index (χ0n) is 15.1. The van der Waals surface area contributed by atoms with Gasteiger partial charge in [-0.2, -0.15) is 0 Å². The molecule has 0 heterocycles. The summed E-state index contributed by atoms with van der Waals surface area (Å²) in [5.74, 6) is -0.436. The summed E-state index contributed by atoms with van der Waals surface area (Å²) in [7, 11) is -4.51. The molecule has 0 amide bonds. The lowest BCUT2D eigenvalue weighted by molar-refractivity contribution is -0.925. The van der Waals surface area contributed by atoms with Crippen LogP contribution in [0.3, 0.4) is 0 Å². The predicted molar refractivity (Wildman–Crippen MR) is 93.3 cm³/mol. The van der Waals surface area contributed by atoms with Crippen LogP contribution in [0.4, 0.5) is 0 Å². The molecule has 2 N–H and O–H groups in total. The number of nitrogens with zero attached hydrogens (tertiary/aromatic N) is 1. The van der Waals surface area contributed by atoms with Gasteiger partial charge >= 0.3 is 13.8 Å². The summed E-state index contributed by atoms with van der Waals surface area (Å²) in [6.45, 7) is 13.2. The van der Waals surface area contributed by atoms with Crippen LogP contribution in [0.25, 0.3) is 0 Å². The van der Waals surface area contributed by atoms with Crippen molar-refractivity contribution in [1.29, 1.82) is 0 Å². The Hall–Kier alpha value is -0.720. The van der Waals surface area contributed by atoms with Crippen LogP contribution in [-0.2, 0) is 18.6 Å². The quantitative estimate of drug-likeness (QED) is 0.161. The second kappa shape index (κ2) is 11.8. The lowest BCUT2D eigenvalue weighted by Crippen LogP contribution is -2.52. The topological polar surface area (TPSA) is 93.1 Å². The van der Waals surface area contributed by atoms with Gasteiger partial charge in [0.1, 0.15) is 12.6 Å². The lowest BCUT2D eigenvalue weighted by Gasteiger charge is -2.38. The minimum atomic E-state index is -4.51. The van der Waals surface area contributed by atoms with Crippen LogP contribution in [0.5, 0.6) is 0 Å². The van der Waals surface area contributed by atoms with Gasteiger partial charge in [0.05, 0.1) is 26.2 Å². The molecule has 0 aromatic heterocycles. The summed E-state index contributed by atoms with van der Waals surface area (Å²) in [6, 6.07) is 0. The molecule has 0 fully saturated rings. The number of likely N-dealkylation sites (N-methyl/N-ethyl adjacent to an activating group) is 1. The Morgan fingerprint density at radius 3 is 2.21 bits per heavy atom. The molecule has 0 radical (unpaired) electrons. The molecule has 0 saturated heterocycles. The number of unbranched alkanes of at least 4 members (excludes halogenated alkanes) is 2. The number of rotatable bonds is 14. The first kappa shape index (κ1) is 23.3. The van der Waals surface area contributed by atoms with Gasteiger partial charge in [0, 0.05) is 6.08 Å². The second-order valence-electron chi connectivity index (χ2n) is 5.91. The highest BCUT2D eigenvalue weighted by Crippen LogP contribution is 2.39. The average Bonchev–Trinajstić information content (AvgIpc) is 2.54. The third-order valence-corrected chi connectivity index (χ3v) is 5.04. The van der Waals surface area contributed by atoms with E-state index in [9.17, 15) is 9.36 Å². The molecule has 1 unspecified atom stereocenters. The molecule has 0 aliphatic rings. The van der Waals surface area contributed by atoms with Gasteiger partial charge in [-0.15, -0.1) is 0 Å². The number of esters is 1. The summed E-state index contributed by atoms with van der Waals surface area (Å²) >= 11 is 0. The molecule has 0 rings (SSSR count). The molecule has 8 heteroatoms. The fourth-order valence-corrected chi connectivity index (χ4v) is 3.30. The van der Waals surface area contributed by atoms with Crippen LogP contribution < -0.4 is 0 Å². The van der Waals surface area contributed by atoms with Crippen molar-refractivity contribution in [2.75, 3.05) is 32.8 Å². The van der Waals surface area contributed by atoms with Crippen molar-refractivity contribution in [2.24, 2.45) is 0 Å². The van der Waals surface area contributed by atoms with Crippen LogP contribution in [0, 0.1) is 0 Å². The number of quaternary nitrogens is 1. The molecule has 0 saturated carbocycles. The number of ether oxygens (including phenoxy) is 1. The number of hydrogen-bond acceptors (Lipinski definition) is 4. The first-order valence-electron chi connectivity index (χ1n) is 8.60. The van der Waals surface area contributed by atoms with Crippen LogP contribution >= 0.6 is 7.82 Å². The highest BCUT2D eigenvalue weighted by molar-refractivity contribution is 7.46. The van der Waals surface area contributed by atoms with E-state index in [4.69, 9.17) is 19.0 Å². The van der Waals surface area contributed by atoms with Crippen molar-refractivity contribution < 1.29 is 32.9 Å². The van der Waals surface area contributed by atoms with Gasteiger partial charge in [0.25, 0.3) is 0 Å². The fourth-order valence-electron chi connectivity index (χ4n) is 2.74. The molecule has 0 aromatic carbocycles. The maximum Gasteiger partial charge on any atom is 0.470 e. The van der Waals surface area contributed by atoms with Crippen molar-refractivity contribution in [3.8, 4) is 0 Å². The molecular weight excluding hydrogens is 333 g/mol. The Kier molecular flexibility index (Phi) is 11.4. The van der Waals surface area contributed by atoms with E-state index < -0.39 is 19.9 Å². The minimum Gasteiger partial charge on any atom is -0.463 e. The molecule has 0 bridgehead atoms. The van der Waals surface area contributed by atoms with Gasteiger partial charge in [0.2, 0.25) is 0 Å². The van der Waals surface area contributed by atoms with E-state index in [0.29, 0.717) is 26.0 Å². The Balaban J connectivity index is 4.44. The Labute approximate surface area is 145 Å². The van der Waals surface area contributed by atoms with E-state index in [0.717, 1.165) is 43.0 Å². The van der Waals surface area contributed by atoms with Gasteiger partial charge in [-0.05, 0) is 40.0 Å². The lowest BCUT2D eigenvalue weighted by atomic mass is 10.1. The SMILES string of the molecule is C=CC(=O)OCCCCCC(C[N+](CC)(CC)CC)OP(=O)(O)O. The van der Waals surface area contributed by atoms with E-state index in [1.165, 1.54) is 0 Å². The predicted octanol–water partition coefficient (Wildman–Crippen LogP) is 2.63. The summed E-state index contributed by atoms with van der Waals surface area (Å²) in [6.07, 6.45) is 3.48.